The van der Waals surface area contributed by atoms with E-state index < -0.39 is 5.92 Å². The summed E-state index contributed by atoms with van der Waals surface area (Å²) in [7, 11) is 0. The van der Waals surface area contributed by atoms with Gasteiger partial charge in [0.05, 0.1) is 6.61 Å². The first kappa shape index (κ1) is 15.4. The summed E-state index contributed by atoms with van der Waals surface area (Å²) in [5, 5.41) is 9.12. The van der Waals surface area contributed by atoms with E-state index in [1.807, 2.05) is 36.4 Å². The number of hydrogen-bond acceptors (Lipinski definition) is 4. The van der Waals surface area contributed by atoms with E-state index in [1.165, 1.54) is 0 Å². The summed E-state index contributed by atoms with van der Waals surface area (Å²) in [5.41, 5.74) is 2.34. The SMILES string of the molecule is O=C(c1ccccc1)c1cccc(CC[C@@H]2OC(=O)[C@H]2CO)c1. The first-order valence-corrected chi connectivity index (χ1v) is 7.69. The zero-order chi connectivity index (χ0) is 16.2. The molecule has 2 aromatic rings. The fraction of sp³-hybridized carbons (Fsp3) is 0.263. The van der Waals surface area contributed by atoms with Crippen LogP contribution in [-0.4, -0.2) is 29.6 Å². The summed E-state index contributed by atoms with van der Waals surface area (Å²) in [5.74, 6) is -0.731. The van der Waals surface area contributed by atoms with Crippen LogP contribution in [0, 0.1) is 5.92 Å². The Hall–Kier alpha value is -2.46. The summed E-state index contributed by atoms with van der Waals surface area (Å²) in [4.78, 5) is 23.6. The fourth-order valence-corrected chi connectivity index (χ4v) is 2.78. The number of hydrogen-bond donors (Lipinski definition) is 1. The molecule has 118 valence electrons. The summed E-state index contributed by atoms with van der Waals surface area (Å²) < 4.78 is 5.05. The number of aliphatic hydroxyl groups is 1. The lowest BCUT2D eigenvalue weighted by molar-refractivity contribution is -0.188. The van der Waals surface area contributed by atoms with Crippen molar-refractivity contribution in [2.45, 2.75) is 18.9 Å². The van der Waals surface area contributed by atoms with Gasteiger partial charge in [-0.3, -0.25) is 9.59 Å². The average Bonchev–Trinajstić information content (AvgIpc) is 2.59. The van der Waals surface area contributed by atoms with Crippen LogP contribution in [0.1, 0.15) is 27.9 Å². The lowest BCUT2D eigenvalue weighted by atomic mass is 9.91. The van der Waals surface area contributed by atoms with Crippen LogP contribution < -0.4 is 0 Å². The minimum atomic E-state index is -0.399. The number of esters is 1. The Labute approximate surface area is 134 Å². The Morgan fingerprint density at radius 1 is 1.04 bits per heavy atom. The van der Waals surface area contributed by atoms with Crippen molar-refractivity contribution < 1.29 is 19.4 Å². The van der Waals surface area contributed by atoms with Crippen molar-refractivity contribution in [1.82, 2.24) is 0 Å². The lowest BCUT2D eigenvalue weighted by Crippen LogP contribution is -2.47. The molecule has 0 aliphatic carbocycles. The van der Waals surface area contributed by atoms with Gasteiger partial charge < -0.3 is 9.84 Å². The highest BCUT2D eigenvalue weighted by molar-refractivity contribution is 6.09. The van der Waals surface area contributed by atoms with Gasteiger partial charge in [-0.25, -0.2) is 0 Å². The largest absolute Gasteiger partial charge is 0.461 e. The third-order valence-corrected chi connectivity index (χ3v) is 4.16. The van der Waals surface area contributed by atoms with E-state index in [0.29, 0.717) is 24.0 Å². The molecule has 1 aliphatic rings. The number of rotatable bonds is 6. The summed E-state index contributed by atoms with van der Waals surface area (Å²) in [6, 6.07) is 16.7. The van der Waals surface area contributed by atoms with Crippen molar-refractivity contribution in [2.75, 3.05) is 6.61 Å². The van der Waals surface area contributed by atoms with Crippen molar-refractivity contribution in [3.63, 3.8) is 0 Å². The van der Waals surface area contributed by atoms with E-state index in [0.717, 1.165) is 5.56 Å². The van der Waals surface area contributed by atoms with Crippen molar-refractivity contribution >= 4 is 11.8 Å². The maximum Gasteiger partial charge on any atom is 0.315 e. The molecule has 1 N–H and O–H groups in total. The molecule has 3 rings (SSSR count). The van der Waals surface area contributed by atoms with Crippen LogP contribution in [0.4, 0.5) is 0 Å². The Kier molecular flexibility index (Phi) is 4.53. The molecule has 0 bridgehead atoms. The van der Waals surface area contributed by atoms with E-state index in [1.54, 1.807) is 18.2 Å². The van der Waals surface area contributed by atoms with Gasteiger partial charge >= 0.3 is 5.97 Å². The number of cyclic esters (lactones) is 1. The van der Waals surface area contributed by atoms with Gasteiger partial charge in [0.25, 0.3) is 0 Å². The molecule has 1 aliphatic heterocycles. The van der Waals surface area contributed by atoms with Gasteiger partial charge in [0.1, 0.15) is 12.0 Å². The quantitative estimate of drug-likeness (QED) is 0.657. The van der Waals surface area contributed by atoms with Gasteiger partial charge in [0, 0.05) is 11.1 Å². The van der Waals surface area contributed by atoms with Crippen LogP contribution in [0.5, 0.6) is 0 Å². The van der Waals surface area contributed by atoms with E-state index in [4.69, 9.17) is 9.84 Å². The summed E-state index contributed by atoms with van der Waals surface area (Å²) in [6.45, 7) is -0.171. The molecule has 0 radical (unpaired) electrons. The first-order chi connectivity index (χ1) is 11.2. The van der Waals surface area contributed by atoms with E-state index in [9.17, 15) is 9.59 Å². The smallest absolute Gasteiger partial charge is 0.315 e. The molecule has 0 unspecified atom stereocenters. The summed E-state index contributed by atoms with van der Waals surface area (Å²) in [6.07, 6.45) is 1.13. The molecule has 2 atom stereocenters. The third-order valence-electron chi connectivity index (χ3n) is 4.16. The molecular weight excluding hydrogens is 292 g/mol. The number of ketones is 1. The average molecular weight is 310 g/mol. The van der Waals surface area contributed by atoms with Crippen LogP contribution in [0.3, 0.4) is 0 Å². The van der Waals surface area contributed by atoms with Crippen LogP contribution in [0.15, 0.2) is 54.6 Å². The Bertz CT molecular complexity index is 708. The highest BCUT2D eigenvalue weighted by Gasteiger charge is 2.41. The number of aryl methyl sites for hydroxylation is 1. The van der Waals surface area contributed by atoms with Gasteiger partial charge in [0.15, 0.2) is 5.78 Å². The Morgan fingerprint density at radius 3 is 2.48 bits per heavy atom. The standard InChI is InChI=1S/C19H18O4/c20-12-16-17(23-19(16)22)10-9-13-5-4-8-15(11-13)18(21)14-6-2-1-3-7-14/h1-8,11,16-17,20H,9-10,12H2/t16-,17-/m0/s1. The molecule has 0 amide bonds. The third kappa shape index (κ3) is 3.32. The topological polar surface area (TPSA) is 63.6 Å². The molecule has 23 heavy (non-hydrogen) atoms. The zero-order valence-corrected chi connectivity index (χ0v) is 12.6. The maximum absolute atomic E-state index is 12.4. The number of benzene rings is 2. The van der Waals surface area contributed by atoms with Gasteiger partial charge in [0.2, 0.25) is 0 Å². The van der Waals surface area contributed by atoms with Crippen molar-refractivity contribution in [3.05, 3.63) is 71.3 Å². The molecule has 1 saturated heterocycles. The number of carbonyl (C=O) groups excluding carboxylic acids is 2. The normalized spacial score (nSPS) is 19.8. The molecule has 0 aromatic heterocycles. The molecule has 2 aromatic carbocycles. The predicted molar refractivity (Wildman–Crippen MR) is 85.1 cm³/mol. The van der Waals surface area contributed by atoms with Crippen molar-refractivity contribution in [1.29, 1.82) is 0 Å². The number of ether oxygens (including phenoxy) is 1. The van der Waals surface area contributed by atoms with E-state index in [2.05, 4.69) is 0 Å². The highest BCUT2D eigenvalue weighted by atomic mass is 16.6. The molecule has 0 spiro atoms. The minimum absolute atomic E-state index is 0.00393. The zero-order valence-electron chi connectivity index (χ0n) is 12.6. The molecule has 4 nitrogen and oxygen atoms in total. The molecule has 1 fully saturated rings. The second-order valence-electron chi connectivity index (χ2n) is 5.70. The fourth-order valence-electron chi connectivity index (χ4n) is 2.78. The summed E-state index contributed by atoms with van der Waals surface area (Å²) >= 11 is 0. The van der Waals surface area contributed by atoms with Gasteiger partial charge in [-0.2, -0.15) is 0 Å². The number of aliphatic hydroxyl groups excluding tert-OH is 1. The van der Waals surface area contributed by atoms with Crippen molar-refractivity contribution in [2.24, 2.45) is 5.92 Å². The maximum atomic E-state index is 12.4. The second kappa shape index (κ2) is 6.75. The minimum Gasteiger partial charge on any atom is -0.461 e. The first-order valence-electron chi connectivity index (χ1n) is 7.69. The monoisotopic (exact) mass is 310 g/mol. The van der Waals surface area contributed by atoms with Crippen LogP contribution in [0.25, 0.3) is 0 Å². The van der Waals surface area contributed by atoms with Crippen LogP contribution >= 0.6 is 0 Å². The van der Waals surface area contributed by atoms with Gasteiger partial charge in [-0.05, 0) is 24.5 Å². The molecule has 1 heterocycles. The second-order valence-corrected chi connectivity index (χ2v) is 5.70. The van der Waals surface area contributed by atoms with Crippen molar-refractivity contribution in [3.8, 4) is 0 Å². The lowest BCUT2D eigenvalue weighted by Gasteiger charge is -2.33. The van der Waals surface area contributed by atoms with Crippen LogP contribution in [-0.2, 0) is 16.0 Å². The number of carbonyl (C=O) groups is 2. The van der Waals surface area contributed by atoms with E-state index >= 15 is 0 Å². The molecule has 4 heteroatoms. The highest BCUT2D eigenvalue weighted by Crippen LogP contribution is 2.26. The van der Waals surface area contributed by atoms with E-state index in [-0.39, 0.29) is 24.5 Å². The van der Waals surface area contributed by atoms with Gasteiger partial charge in [-0.1, -0.05) is 48.5 Å². The molecular formula is C19H18O4. The van der Waals surface area contributed by atoms with Crippen LogP contribution in [0.2, 0.25) is 0 Å². The Morgan fingerprint density at radius 2 is 1.78 bits per heavy atom. The molecule has 0 saturated carbocycles. The van der Waals surface area contributed by atoms with Gasteiger partial charge in [-0.15, -0.1) is 0 Å². The predicted octanol–water partition coefficient (Wildman–Crippen LogP) is 2.38. The Balaban J connectivity index is 1.66.